The van der Waals surface area contributed by atoms with Gasteiger partial charge in [-0.3, -0.25) is 9.59 Å². The first kappa shape index (κ1) is 18.2. The summed E-state index contributed by atoms with van der Waals surface area (Å²) >= 11 is 6.13. The van der Waals surface area contributed by atoms with Gasteiger partial charge in [-0.1, -0.05) is 11.6 Å². The van der Waals surface area contributed by atoms with E-state index in [1.165, 1.54) is 0 Å². The maximum Gasteiger partial charge on any atom is 0.256 e. The van der Waals surface area contributed by atoms with Gasteiger partial charge in [-0.15, -0.1) is 0 Å². The van der Waals surface area contributed by atoms with E-state index in [2.05, 4.69) is 19.2 Å². The highest BCUT2D eigenvalue weighted by atomic mass is 35.5. The molecule has 0 saturated carbocycles. The topological polar surface area (TPSA) is 58.6 Å². The number of piperidine rings is 1. The third-order valence-electron chi connectivity index (χ3n) is 5.20. The average molecular weight is 365 g/mol. The van der Waals surface area contributed by atoms with E-state index >= 15 is 0 Å². The predicted molar refractivity (Wildman–Crippen MR) is 98.0 cm³/mol. The highest BCUT2D eigenvalue weighted by molar-refractivity contribution is 6.31. The summed E-state index contributed by atoms with van der Waals surface area (Å²) in [6, 6.07) is 5.42. The number of nitrogens with zero attached hydrogens (tertiary/aromatic N) is 1. The number of hydrogen-bond acceptors (Lipinski definition) is 3. The minimum Gasteiger partial charge on any atom is -0.381 e. The maximum atomic E-state index is 13.2. The third kappa shape index (κ3) is 3.98. The van der Waals surface area contributed by atoms with Gasteiger partial charge in [-0.05, 0) is 57.7 Å². The molecule has 5 nitrogen and oxygen atoms in total. The van der Waals surface area contributed by atoms with Gasteiger partial charge < -0.3 is 15.0 Å². The Morgan fingerprint density at radius 1 is 1.20 bits per heavy atom. The van der Waals surface area contributed by atoms with Crippen molar-refractivity contribution in [2.45, 2.75) is 51.6 Å². The van der Waals surface area contributed by atoms with Gasteiger partial charge in [0.25, 0.3) is 5.91 Å². The smallest absolute Gasteiger partial charge is 0.256 e. The summed E-state index contributed by atoms with van der Waals surface area (Å²) in [5, 5.41) is 3.39. The lowest BCUT2D eigenvalue weighted by Gasteiger charge is -2.39. The van der Waals surface area contributed by atoms with E-state index in [-0.39, 0.29) is 29.8 Å². The van der Waals surface area contributed by atoms with E-state index in [0.29, 0.717) is 35.9 Å². The first-order valence-corrected chi connectivity index (χ1v) is 9.36. The van der Waals surface area contributed by atoms with Crippen LogP contribution in [0.15, 0.2) is 18.2 Å². The van der Waals surface area contributed by atoms with Crippen molar-refractivity contribution in [3.63, 3.8) is 0 Å². The van der Waals surface area contributed by atoms with Crippen LogP contribution < -0.4 is 5.32 Å². The van der Waals surface area contributed by atoms with Gasteiger partial charge in [0.2, 0.25) is 5.91 Å². The fourth-order valence-corrected chi connectivity index (χ4v) is 3.91. The molecule has 1 aromatic rings. The molecule has 1 aromatic carbocycles. The predicted octanol–water partition coefficient (Wildman–Crippen LogP) is 3.72. The lowest BCUT2D eigenvalue weighted by atomic mass is 9.96. The maximum absolute atomic E-state index is 13.2. The molecule has 0 aliphatic carbocycles. The Kier molecular flexibility index (Phi) is 5.64. The molecule has 25 heavy (non-hydrogen) atoms. The van der Waals surface area contributed by atoms with Crippen LogP contribution >= 0.6 is 11.6 Å². The van der Waals surface area contributed by atoms with E-state index in [4.69, 9.17) is 16.3 Å². The van der Waals surface area contributed by atoms with Crippen LogP contribution in [0.3, 0.4) is 0 Å². The van der Waals surface area contributed by atoms with Crippen LogP contribution in [0.1, 0.15) is 49.9 Å². The summed E-state index contributed by atoms with van der Waals surface area (Å²) in [4.78, 5) is 27.5. The molecular formula is C19H25ClN2O3. The second-order valence-corrected chi connectivity index (χ2v) is 7.52. The van der Waals surface area contributed by atoms with Gasteiger partial charge in [0.05, 0.1) is 23.8 Å². The number of carbonyl (C=O) groups excluding carboxylic acids is 2. The lowest BCUT2D eigenvalue weighted by molar-refractivity contribution is -0.119. The molecule has 2 saturated heterocycles. The number of hydrogen-bond donors (Lipinski definition) is 1. The standard InChI is InChI=1S/C19H25ClN2O3/c1-12-4-3-5-13(2)22(12)19(24)16-10-15(20)6-7-17(16)21-18(23)14-8-9-25-11-14/h6-7,10,12-14H,3-5,8-9,11H2,1-2H3,(H,21,23)/t12-,13+,14-/m1/s1. The molecule has 2 amide bonds. The molecule has 2 aliphatic rings. The van der Waals surface area contributed by atoms with Crippen LogP contribution in [0.5, 0.6) is 0 Å². The minimum absolute atomic E-state index is 0.0693. The molecule has 1 N–H and O–H groups in total. The van der Waals surface area contributed by atoms with Gasteiger partial charge in [0.1, 0.15) is 0 Å². The van der Waals surface area contributed by atoms with E-state index < -0.39 is 0 Å². The largest absolute Gasteiger partial charge is 0.381 e. The number of ether oxygens (including phenoxy) is 1. The second kappa shape index (κ2) is 7.75. The minimum atomic E-state index is -0.161. The van der Waals surface area contributed by atoms with Gasteiger partial charge in [-0.2, -0.15) is 0 Å². The third-order valence-corrected chi connectivity index (χ3v) is 5.43. The van der Waals surface area contributed by atoms with Crippen LogP contribution in [-0.4, -0.2) is 42.0 Å². The van der Waals surface area contributed by atoms with E-state index in [0.717, 1.165) is 19.3 Å². The molecule has 136 valence electrons. The van der Waals surface area contributed by atoms with Gasteiger partial charge in [0, 0.05) is 23.7 Å². The second-order valence-electron chi connectivity index (χ2n) is 7.08. The van der Waals surface area contributed by atoms with E-state index in [1.54, 1.807) is 18.2 Å². The SMILES string of the molecule is C[C@@H]1CCC[C@H](C)N1C(=O)c1cc(Cl)ccc1NC(=O)[C@@H]1CCOC1. The number of rotatable bonds is 3. The number of likely N-dealkylation sites (tertiary alicyclic amines) is 1. The Labute approximate surface area is 153 Å². The molecule has 2 aliphatic heterocycles. The highest BCUT2D eigenvalue weighted by Gasteiger charge is 2.32. The Morgan fingerprint density at radius 3 is 2.56 bits per heavy atom. The zero-order chi connectivity index (χ0) is 18.0. The van der Waals surface area contributed by atoms with Crippen LogP contribution in [0.25, 0.3) is 0 Å². The van der Waals surface area contributed by atoms with Crippen molar-refractivity contribution in [1.82, 2.24) is 4.90 Å². The van der Waals surface area contributed by atoms with Crippen molar-refractivity contribution in [3.8, 4) is 0 Å². The fraction of sp³-hybridized carbons (Fsp3) is 0.579. The number of carbonyl (C=O) groups is 2. The van der Waals surface area contributed by atoms with Crippen molar-refractivity contribution in [2.24, 2.45) is 5.92 Å². The number of amides is 2. The molecular weight excluding hydrogens is 340 g/mol. The number of nitrogens with one attached hydrogen (secondary N) is 1. The molecule has 2 fully saturated rings. The monoisotopic (exact) mass is 364 g/mol. The molecule has 0 bridgehead atoms. The highest BCUT2D eigenvalue weighted by Crippen LogP contribution is 2.29. The summed E-state index contributed by atoms with van der Waals surface area (Å²) in [5.74, 6) is -0.333. The number of halogens is 1. The number of benzene rings is 1. The average Bonchev–Trinajstić information content (AvgIpc) is 3.11. The van der Waals surface area contributed by atoms with Crippen LogP contribution in [0.2, 0.25) is 5.02 Å². The Morgan fingerprint density at radius 2 is 1.92 bits per heavy atom. The molecule has 0 spiro atoms. The summed E-state index contributed by atoms with van der Waals surface area (Å²) in [5.41, 5.74) is 0.983. The van der Waals surface area contributed by atoms with Crippen molar-refractivity contribution in [3.05, 3.63) is 28.8 Å². The van der Waals surface area contributed by atoms with Crippen LogP contribution in [-0.2, 0) is 9.53 Å². The molecule has 0 aromatic heterocycles. The van der Waals surface area contributed by atoms with Gasteiger partial charge >= 0.3 is 0 Å². The Hall–Kier alpha value is -1.59. The molecule has 6 heteroatoms. The van der Waals surface area contributed by atoms with E-state index in [9.17, 15) is 9.59 Å². The quantitative estimate of drug-likeness (QED) is 0.889. The summed E-state index contributed by atoms with van der Waals surface area (Å²) in [6.07, 6.45) is 3.84. The first-order chi connectivity index (χ1) is 12.0. The van der Waals surface area contributed by atoms with Crippen LogP contribution in [0, 0.1) is 5.92 Å². The lowest BCUT2D eigenvalue weighted by Crippen LogP contribution is -2.47. The Balaban J connectivity index is 1.85. The first-order valence-electron chi connectivity index (χ1n) is 8.98. The Bertz CT molecular complexity index is 648. The fourth-order valence-electron chi connectivity index (χ4n) is 3.74. The summed E-state index contributed by atoms with van der Waals surface area (Å²) < 4.78 is 5.28. The van der Waals surface area contributed by atoms with Gasteiger partial charge in [0.15, 0.2) is 0 Å². The number of anilines is 1. The van der Waals surface area contributed by atoms with Crippen molar-refractivity contribution in [2.75, 3.05) is 18.5 Å². The van der Waals surface area contributed by atoms with Crippen molar-refractivity contribution >= 4 is 29.1 Å². The molecule has 3 rings (SSSR count). The molecule has 3 atom stereocenters. The van der Waals surface area contributed by atoms with Crippen LogP contribution in [0.4, 0.5) is 5.69 Å². The zero-order valence-corrected chi connectivity index (χ0v) is 15.5. The summed E-state index contributed by atoms with van der Waals surface area (Å²) in [6.45, 7) is 5.19. The molecule has 0 unspecified atom stereocenters. The van der Waals surface area contributed by atoms with Gasteiger partial charge in [-0.25, -0.2) is 0 Å². The zero-order valence-electron chi connectivity index (χ0n) is 14.8. The molecule has 2 heterocycles. The van der Waals surface area contributed by atoms with E-state index in [1.807, 2.05) is 4.90 Å². The van der Waals surface area contributed by atoms with Crippen molar-refractivity contribution in [1.29, 1.82) is 0 Å². The molecule has 0 radical (unpaired) electrons. The normalized spacial score (nSPS) is 26.5. The summed E-state index contributed by atoms with van der Waals surface area (Å²) in [7, 11) is 0. The van der Waals surface area contributed by atoms with Crippen molar-refractivity contribution < 1.29 is 14.3 Å².